The molecule has 0 spiro atoms. The topological polar surface area (TPSA) is 107 Å². The fourth-order valence-corrected chi connectivity index (χ4v) is 3.72. The summed E-state index contributed by atoms with van der Waals surface area (Å²) in [4.78, 5) is 14.4. The summed E-state index contributed by atoms with van der Waals surface area (Å²) in [5.41, 5.74) is 0.556. The molecular weight excluding hydrogens is 356 g/mol. The van der Waals surface area contributed by atoms with Gasteiger partial charge in [0.25, 0.3) is 5.69 Å². The first-order valence-corrected chi connectivity index (χ1v) is 9.16. The highest BCUT2D eigenvalue weighted by molar-refractivity contribution is 7.89. The number of aryl methyl sites for hydroxylation is 1. The van der Waals surface area contributed by atoms with Crippen molar-refractivity contribution < 1.29 is 13.3 Å². The van der Waals surface area contributed by atoms with Gasteiger partial charge >= 0.3 is 0 Å². The average Bonchev–Trinajstić information content (AvgIpc) is 3.06. The fourth-order valence-electron chi connectivity index (χ4n) is 2.54. The van der Waals surface area contributed by atoms with Crippen LogP contribution in [0.4, 0.5) is 5.69 Å². The van der Waals surface area contributed by atoms with Crippen molar-refractivity contribution in [1.82, 2.24) is 14.3 Å². The lowest BCUT2D eigenvalue weighted by atomic mass is 10.1. The Balaban J connectivity index is 1.98. The van der Waals surface area contributed by atoms with Gasteiger partial charge in [-0.25, -0.2) is 13.4 Å². The average molecular weight is 372 g/mol. The van der Waals surface area contributed by atoms with Gasteiger partial charge in [0.1, 0.15) is 11.9 Å². The lowest BCUT2D eigenvalue weighted by molar-refractivity contribution is -0.384. The van der Waals surface area contributed by atoms with Crippen molar-refractivity contribution in [2.75, 3.05) is 0 Å². The molecule has 0 aliphatic carbocycles. The smallest absolute Gasteiger partial charge is 0.269 e. The quantitative estimate of drug-likeness (QED) is 0.528. The molecule has 0 saturated heterocycles. The number of nitrogens with one attached hydrogen (secondary N) is 1. The summed E-state index contributed by atoms with van der Waals surface area (Å²) in [7, 11) is -2.14. The first kappa shape index (κ1) is 17.8. The summed E-state index contributed by atoms with van der Waals surface area (Å²) in [6, 6.07) is 13.1. The number of aromatic nitrogens is 2. The molecule has 0 saturated carbocycles. The second kappa shape index (κ2) is 7.06. The molecule has 1 N–H and O–H groups in total. The Morgan fingerprint density at radius 1 is 1.12 bits per heavy atom. The first-order chi connectivity index (χ1) is 12.4. The Hall–Kier alpha value is -3.04. The van der Waals surface area contributed by atoms with E-state index >= 15 is 0 Å². The van der Waals surface area contributed by atoms with Crippen LogP contribution in [0.1, 0.15) is 17.4 Å². The molecule has 0 aliphatic heterocycles. The molecule has 0 radical (unpaired) electrons. The number of sulfonamides is 1. The van der Waals surface area contributed by atoms with Crippen LogP contribution in [0.25, 0.3) is 0 Å². The number of nitro groups is 1. The number of hydrogen-bond acceptors (Lipinski definition) is 5. The molecule has 9 heteroatoms. The number of benzene rings is 2. The van der Waals surface area contributed by atoms with E-state index in [1.165, 1.54) is 12.1 Å². The monoisotopic (exact) mass is 372 g/mol. The van der Waals surface area contributed by atoms with Crippen LogP contribution < -0.4 is 4.72 Å². The molecule has 134 valence electrons. The van der Waals surface area contributed by atoms with E-state index in [4.69, 9.17) is 0 Å². The third-order valence-electron chi connectivity index (χ3n) is 3.88. The van der Waals surface area contributed by atoms with E-state index in [1.807, 2.05) is 18.2 Å². The van der Waals surface area contributed by atoms with Gasteiger partial charge in [-0.2, -0.15) is 4.72 Å². The highest BCUT2D eigenvalue weighted by atomic mass is 32.2. The largest absolute Gasteiger partial charge is 0.336 e. The van der Waals surface area contributed by atoms with Crippen LogP contribution in [-0.4, -0.2) is 22.9 Å². The van der Waals surface area contributed by atoms with Gasteiger partial charge in [-0.05, 0) is 17.7 Å². The molecule has 0 aliphatic rings. The van der Waals surface area contributed by atoms with Gasteiger partial charge in [-0.15, -0.1) is 0 Å². The van der Waals surface area contributed by atoms with Gasteiger partial charge in [0.15, 0.2) is 0 Å². The fraction of sp³-hybridized carbons (Fsp3) is 0.118. The highest BCUT2D eigenvalue weighted by Crippen LogP contribution is 2.24. The van der Waals surface area contributed by atoms with Crippen molar-refractivity contribution in [3.05, 3.63) is 88.5 Å². The molecule has 3 rings (SSSR count). The Labute approximate surface area is 150 Å². The number of hydrogen-bond donors (Lipinski definition) is 1. The summed E-state index contributed by atoms with van der Waals surface area (Å²) in [5.74, 6) is 0.529. The lowest BCUT2D eigenvalue weighted by Crippen LogP contribution is -2.31. The Bertz CT molecular complexity index is 1010. The third-order valence-corrected chi connectivity index (χ3v) is 5.32. The maximum Gasteiger partial charge on any atom is 0.269 e. The van der Waals surface area contributed by atoms with Crippen LogP contribution in [0.3, 0.4) is 0 Å². The maximum absolute atomic E-state index is 12.8. The summed E-state index contributed by atoms with van der Waals surface area (Å²) < 4.78 is 29.9. The van der Waals surface area contributed by atoms with Crippen molar-refractivity contribution in [1.29, 1.82) is 0 Å². The molecular formula is C17H16N4O4S. The molecule has 3 aromatic rings. The molecule has 8 nitrogen and oxygen atoms in total. The predicted octanol–water partition coefficient (Wildman–Crippen LogP) is 2.40. The molecule has 1 atom stereocenters. The van der Waals surface area contributed by atoms with E-state index in [2.05, 4.69) is 9.71 Å². The van der Waals surface area contributed by atoms with Crippen molar-refractivity contribution >= 4 is 15.7 Å². The zero-order chi connectivity index (χ0) is 18.7. The molecule has 0 bridgehead atoms. The van der Waals surface area contributed by atoms with Gasteiger partial charge in [0, 0.05) is 31.6 Å². The first-order valence-electron chi connectivity index (χ1n) is 7.67. The SMILES string of the molecule is Cn1ccnc1[C@H](NS(=O)(=O)c1ccc([N+](=O)[O-])cc1)c1ccccc1. The van der Waals surface area contributed by atoms with E-state index in [9.17, 15) is 18.5 Å². The minimum atomic E-state index is -3.92. The van der Waals surface area contributed by atoms with Crippen molar-refractivity contribution in [2.24, 2.45) is 7.05 Å². The number of rotatable bonds is 6. The second-order valence-electron chi connectivity index (χ2n) is 5.61. The van der Waals surface area contributed by atoms with Crippen molar-refractivity contribution in [3.8, 4) is 0 Å². The summed E-state index contributed by atoms with van der Waals surface area (Å²) >= 11 is 0. The summed E-state index contributed by atoms with van der Waals surface area (Å²) in [5, 5.41) is 10.7. The molecule has 1 aromatic heterocycles. The molecule has 0 fully saturated rings. The number of imidazole rings is 1. The Kier molecular flexibility index (Phi) is 4.83. The minimum Gasteiger partial charge on any atom is -0.336 e. The van der Waals surface area contributed by atoms with Crippen LogP contribution in [0.2, 0.25) is 0 Å². The molecule has 0 amide bonds. The van der Waals surface area contributed by atoms with Crippen LogP contribution >= 0.6 is 0 Å². The molecule has 26 heavy (non-hydrogen) atoms. The van der Waals surface area contributed by atoms with Gasteiger partial charge in [-0.3, -0.25) is 10.1 Å². The predicted molar refractivity (Wildman–Crippen MR) is 94.9 cm³/mol. The van der Waals surface area contributed by atoms with E-state index in [1.54, 1.807) is 36.1 Å². The van der Waals surface area contributed by atoms with Gasteiger partial charge in [0.2, 0.25) is 10.0 Å². The second-order valence-corrected chi connectivity index (χ2v) is 7.33. The minimum absolute atomic E-state index is 0.0572. The van der Waals surface area contributed by atoms with E-state index < -0.39 is 21.0 Å². The molecule has 1 heterocycles. The van der Waals surface area contributed by atoms with Gasteiger partial charge in [0.05, 0.1) is 9.82 Å². The highest BCUT2D eigenvalue weighted by Gasteiger charge is 2.26. The lowest BCUT2D eigenvalue weighted by Gasteiger charge is -2.19. The van der Waals surface area contributed by atoms with Crippen molar-refractivity contribution in [2.45, 2.75) is 10.9 Å². The third kappa shape index (κ3) is 3.63. The maximum atomic E-state index is 12.8. The van der Waals surface area contributed by atoms with Gasteiger partial charge in [-0.1, -0.05) is 30.3 Å². The van der Waals surface area contributed by atoms with E-state index in [0.29, 0.717) is 5.82 Å². The standard InChI is InChI=1S/C17H16N4O4S/c1-20-12-11-18-17(20)16(13-5-3-2-4-6-13)19-26(24,25)15-9-7-14(8-10-15)21(22)23/h2-12,16,19H,1H3/t16-/m1/s1. The van der Waals surface area contributed by atoms with Crippen LogP contribution in [0.15, 0.2) is 71.9 Å². The molecule has 0 unspecified atom stereocenters. The summed E-state index contributed by atoms with van der Waals surface area (Å²) in [6.07, 6.45) is 3.32. The Morgan fingerprint density at radius 2 is 1.77 bits per heavy atom. The van der Waals surface area contributed by atoms with Crippen LogP contribution in [0.5, 0.6) is 0 Å². The van der Waals surface area contributed by atoms with E-state index in [0.717, 1.165) is 17.7 Å². The number of non-ortho nitro benzene ring substituents is 1. The van der Waals surface area contributed by atoms with Crippen molar-refractivity contribution in [3.63, 3.8) is 0 Å². The molecule has 2 aromatic carbocycles. The zero-order valence-electron chi connectivity index (χ0n) is 13.8. The van der Waals surface area contributed by atoms with Crippen LogP contribution in [-0.2, 0) is 17.1 Å². The zero-order valence-corrected chi connectivity index (χ0v) is 14.6. The number of nitrogens with zero attached hydrogens (tertiary/aromatic N) is 3. The Morgan fingerprint density at radius 3 is 2.31 bits per heavy atom. The van der Waals surface area contributed by atoms with Crippen LogP contribution in [0, 0.1) is 10.1 Å². The number of nitro benzene ring substituents is 1. The summed E-state index contributed by atoms with van der Waals surface area (Å²) in [6.45, 7) is 0. The normalized spacial score (nSPS) is 12.7. The van der Waals surface area contributed by atoms with Gasteiger partial charge < -0.3 is 4.57 Å². The van der Waals surface area contributed by atoms with E-state index in [-0.39, 0.29) is 10.6 Å².